The summed E-state index contributed by atoms with van der Waals surface area (Å²) in [6.45, 7) is 2.87. The third-order valence-electron chi connectivity index (χ3n) is 1.12. The summed E-state index contributed by atoms with van der Waals surface area (Å²) in [7, 11) is 0. The van der Waals surface area contributed by atoms with Gasteiger partial charge in [0.1, 0.15) is 0 Å². The molecule has 0 aromatic heterocycles. The number of nitrogens with two attached hydrogens (primary N) is 2. The van der Waals surface area contributed by atoms with Crippen molar-refractivity contribution in [3.63, 3.8) is 0 Å². The highest BCUT2D eigenvalue weighted by molar-refractivity contribution is 7.99. The van der Waals surface area contributed by atoms with Gasteiger partial charge in [-0.25, -0.2) is 0 Å². The fourth-order valence-electron chi connectivity index (χ4n) is 0.436. The van der Waals surface area contributed by atoms with Gasteiger partial charge in [0.05, 0.1) is 0 Å². The largest absolute Gasteiger partial charge is 0.330 e. The first kappa shape index (κ1) is 9.27. The van der Waals surface area contributed by atoms with Crippen LogP contribution in [-0.2, 0) is 0 Å². The molecule has 0 aliphatic heterocycles. The summed E-state index contributed by atoms with van der Waals surface area (Å²) in [4.78, 5) is 0. The minimum atomic E-state index is 0.363. The lowest BCUT2D eigenvalue weighted by molar-refractivity contribution is 0.725. The van der Waals surface area contributed by atoms with E-state index in [0.29, 0.717) is 6.04 Å². The third-order valence-corrected chi connectivity index (χ3v) is 2.31. The Morgan fingerprint density at radius 1 is 1.56 bits per heavy atom. The Kier molecular flexibility index (Phi) is 6.58. The average molecular weight is 148 g/mol. The van der Waals surface area contributed by atoms with Crippen LogP contribution in [0.2, 0.25) is 0 Å². The fourth-order valence-corrected chi connectivity index (χ4v) is 1.31. The first-order chi connectivity index (χ1) is 4.31. The van der Waals surface area contributed by atoms with Gasteiger partial charge in [-0.2, -0.15) is 11.8 Å². The summed E-state index contributed by atoms with van der Waals surface area (Å²) in [5.74, 6) is 2.08. The molecule has 56 valence electrons. The maximum Gasteiger partial charge on any atom is 0.0127 e. The van der Waals surface area contributed by atoms with E-state index >= 15 is 0 Å². The van der Waals surface area contributed by atoms with Crippen molar-refractivity contribution in [3.05, 3.63) is 0 Å². The van der Waals surface area contributed by atoms with Crippen molar-refractivity contribution >= 4 is 11.8 Å². The molecule has 0 aliphatic rings. The van der Waals surface area contributed by atoms with Crippen molar-refractivity contribution in [1.82, 2.24) is 0 Å². The van der Waals surface area contributed by atoms with Crippen LogP contribution in [-0.4, -0.2) is 24.1 Å². The summed E-state index contributed by atoms with van der Waals surface area (Å²) in [5.41, 5.74) is 10.9. The Morgan fingerprint density at radius 3 is 2.67 bits per heavy atom. The molecular weight excluding hydrogens is 132 g/mol. The quantitative estimate of drug-likeness (QED) is 0.555. The molecule has 1 atom stereocenters. The van der Waals surface area contributed by atoms with E-state index in [-0.39, 0.29) is 0 Å². The molecule has 3 heteroatoms. The zero-order valence-corrected chi connectivity index (χ0v) is 6.79. The second-order valence-electron chi connectivity index (χ2n) is 2.03. The molecule has 0 amide bonds. The Bertz CT molecular complexity index is 59.0. The zero-order chi connectivity index (χ0) is 7.11. The van der Waals surface area contributed by atoms with E-state index in [1.165, 1.54) is 0 Å². The highest BCUT2D eigenvalue weighted by Crippen LogP contribution is 2.01. The Morgan fingerprint density at radius 2 is 2.22 bits per heavy atom. The van der Waals surface area contributed by atoms with E-state index in [1.54, 1.807) is 0 Å². The molecule has 0 aromatic rings. The summed E-state index contributed by atoms with van der Waals surface area (Å²) >= 11 is 1.84. The number of thioether (sulfide) groups is 1. The number of rotatable bonds is 5. The molecule has 0 fully saturated rings. The van der Waals surface area contributed by atoms with Crippen molar-refractivity contribution in [3.8, 4) is 0 Å². The van der Waals surface area contributed by atoms with Crippen LogP contribution in [0.25, 0.3) is 0 Å². The molecule has 0 saturated heterocycles. The molecule has 1 unspecified atom stereocenters. The van der Waals surface area contributed by atoms with Crippen LogP contribution in [0.1, 0.15) is 13.3 Å². The maximum absolute atomic E-state index is 5.65. The van der Waals surface area contributed by atoms with Crippen LogP contribution < -0.4 is 11.5 Å². The van der Waals surface area contributed by atoms with E-state index in [4.69, 9.17) is 11.5 Å². The van der Waals surface area contributed by atoms with E-state index in [1.807, 2.05) is 11.8 Å². The van der Waals surface area contributed by atoms with Crippen LogP contribution in [0.15, 0.2) is 0 Å². The topological polar surface area (TPSA) is 52.0 Å². The minimum absolute atomic E-state index is 0.363. The molecule has 0 saturated carbocycles. The van der Waals surface area contributed by atoms with Gasteiger partial charge in [0.25, 0.3) is 0 Å². The molecule has 4 N–H and O–H groups in total. The number of hydrogen-bond acceptors (Lipinski definition) is 3. The lowest BCUT2D eigenvalue weighted by Gasteiger charge is -2.05. The van der Waals surface area contributed by atoms with Crippen molar-refractivity contribution in [2.75, 3.05) is 18.1 Å². The molecule has 0 aliphatic carbocycles. The molecule has 0 radical (unpaired) electrons. The summed E-state index contributed by atoms with van der Waals surface area (Å²) in [5, 5.41) is 0. The van der Waals surface area contributed by atoms with Gasteiger partial charge in [0, 0.05) is 24.1 Å². The molecule has 9 heavy (non-hydrogen) atoms. The van der Waals surface area contributed by atoms with Crippen LogP contribution >= 0.6 is 11.8 Å². The lowest BCUT2D eigenvalue weighted by atomic mass is 10.3. The molecular formula is C6H16N2S. The van der Waals surface area contributed by atoms with Gasteiger partial charge in [-0.1, -0.05) is 6.92 Å². The molecule has 0 spiro atoms. The number of hydrogen-bond donors (Lipinski definition) is 2. The van der Waals surface area contributed by atoms with Crippen LogP contribution in [0.3, 0.4) is 0 Å². The SMILES string of the molecule is CCC(N)CSCCN. The van der Waals surface area contributed by atoms with E-state index in [0.717, 1.165) is 24.5 Å². The predicted molar refractivity (Wildman–Crippen MR) is 44.6 cm³/mol. The molecule has 0 heterocycles. The molecule has 0 bridgehead atoms. The van der Waals surface area contributed by atoms with E-state index < -0.39 is 0 Å². The Hall–Kier alpha value is 0.270. The first-order valence-corrected chi connectivity index (χ1v) is 4.50. The zero-order valence-electron chi connectivity index (χ0n) is 5.97. The van der Waals surface area contributed by atoms with Gasteiger partial charge in [-0.05, 0) is 6.42 Å². The predicted octanol–water partition coefficient (Wildman–Crippen LogP) is 0.416. The normalized spacial score (nSPS) is 13.7. The average Bonchev–Trinajstić information content (AvgIpc) is 1.89. The van der Waals surface area contributed by atoms with E-state index in [2.05, 4.69) is 6.92 Å². The van der Waals surface area contributed by atoms with Crippen LogP contribution in [0, 0.1) is 0 Å². The third kappa shape index (κ3) is 6.15. The van der Waals surface area contributed by atoms with Crippen LogP contribution in [0.5, 0.6) is 0 Å². The minimum Gasteiger partial charge on any atom is -0.330 e. The van der Waals surface area contributed by atoms with Crippen LogP contribution in [0.4, 0.5) is 0 Å². The molecule has 2 nitrogen and oxygen atoms in total. The van der Waals surface area contributed by atoms with Gasteiger partial charge >= 0.3 is 0 Å². The summed E-state index contributed by atoms with van der Waals surface area (Å²) < 4.78 is 0. The van der Waals surface area contributed by atoms with Crippen molar-refractivity contribution in [2.45, 2.75) is 19.4 Å². The highest BCUT2D eigenvalue weighted by Gasteiger charge is 1.96. The van der Waals surface area contributed by atoms with Gasteiger partial charge in [0.2, 0.25) is 0 Å². The lowest BCUT2D eigenvalue weighted by Crippen LogP contribution is -2.22. The second kappa shape index (κ2) is 6.39. The van der Waals surface area contributed by atoms with Gasteiger partial charge in [-0.3, -0.25) is 0 Å². The summed E-state index contributed by atoms with van der Waals surface area (Å²) in [6, 6.07) is 0.363. The van der Waals surface area contributed by atoms with Gasteiger partial charge in [-0.15, -0.1) is 0 Å². The van der Waals surface area contributed by atoms with Crippen molar-refractivity contribution in [1.29, 1.82) is 0 Å². The Balaban J connectivity index is 2.88. The maximum atomic E-state index is 5.65. The smallest absolute Gasteiger partial charge is 0.0127 e. The molecule has 0 rings (SSSR count). The standard InChI is InChI=1S/C6H16N2S/c1-2-6(8)5-9-4-3-7/h6H,2-5,7-8H2,1H3. The van der Waals surface area contributed by atoms with E-state index in [9.17, 15) is 0 Å². The van der Waals surface area contributed by atoms with Gasteiger partial charge < -0.3 is 11.5 Å². The fraction of sp³-hybridized carbons (Fsp3) is 1.00. The van der Waals surface area contributed by atoms with Crippen molar-refractivity contribution < 1.29 is 0 Å². The Labute approximate surface area is 61.4 Å². The van der Waals surface area contributed by atoms with Crippen molar-refractivity contribution in [2.24, 2.45) is 11.5 Å². The monoisotopic (exact) mass is 148 g/mol. The van der Waals surface area contributed by atoms with Gasteiger partial charge in [0.15, 0.2) is 0 Å². The molecule has 0 aromatic carbocycles. The first-order valence-electron chi connectivity index (χ1n) is 3.34. The summed E-state index contributed by atoms with van der Waals surface area (Å²) in [6.07, 6.45) is 1.07. The second-order valence-corrected chi connectivity index (χ2v) is 3.18. The highest BCUT2D eigenvalue weighted by atomic mass is 32.2.